The van der Waals surface area contributed by atoms with E-state index in [1.165, 1.54) is 71.0 Å². The molecule has 0 fully saturated rings. The predicted molar refractivity (Wildman–Crippen MR) is 605 cm³/mol. The zero-order valence-electron chi connectivity index (χ0n) is 78.5. The molecule has 0 heterocycles. The summed E-state index contributed by atoms with van der Waals surface area (Å²) in [7, 11) is 0. The number of hydrogen-bond donors (Lipinski definition) is 0. The normalized spacial score (nSPS) is 8.73. The minimum absolute atomic E-state index is 0. The van der Waals surface area contributed by atoms with E-state index < -0.39 is 0 Å². The summed E-state index contributed by atoms with van der Waals surface area (Å²) >= 11 is 178. The van der Waals surface area contributed by atoms with Crippen molar-refractivity contribution in [1.82, 2.24) is 0 Å². The first kappa shape index (κ1) is 202. The monoisotopic (exact) mass is 2960 g/mol. The van der Waals surface area contributed by atoms with Gasteiger partial charge in [0.05, 0.1) is 0 Å². The summed E-state index contributed by atoms with van der Waals surface area (Å²) < 4.78 is 0. The molecule has 48 heteroatoms. The van der Waals surface area contributed by atoms with Gasteiger partial charge in [-0.25, -0.2) is 176 Å². The van der Waals surface area contributed by atoms with E-state index in [9.17, 15) is 0 Å². The van der Waals surface area contributed by atoms with Crippen molar-refractivity contribution in [2.45, 2.75) is 425 Å². The quantitative estimate of drug-likeness (QED) is 0.0804. The fourth-order valence-corrected chi connectivity index (χ4v) is 13.4. The molecule has 0 atom stereocenters. The number of rotatable bonds is 0. The van der Waals surface area contributed by atoms with Crippen molar-refractivity contribution in [2.75, 3.05) is 0 Å². The molecular formula is C84H108Ni12S36-48. The molecule has 6 aromatic rings. The van der Waals surface area contributed by atoms with Crippen molar-refractivity contribution < 1.29 is 198 Å². The second kappa shape index (κ2) is 116. The van der Waals surface area contributed by atoms with Gasteiger partial charge in [0.25, 0.3) is 0 Å². The van der Waals surface area contributed by atoms with Crippen LogP contribution in [0.15, 0.2) is 176 Å². The number of benzene rings is 6. The third-order valence-corrected chi connectivity index (χ3v) is 26.8. The van der Waals surface area contributed by atoms with Gasteiger partial charge in [-0.15, -0.1) is 0 Å². The molecule has 0 unspecified atom stereocenters. The molecule has 828 valence electrons. The van der Waals surface area contributed by atoms with Gasteiger partial charge in [-0.3, -0.25) is 0 Å². The fourth-order valence-electron chi connectivity index (χ4n) is 3.71. The fraction of sp³-hybridized carbons (Fsp3) is 0.429. The summed E-state index contributed by atoms with van der Waals surface area (Å²) in [6.45, 7) is 75.0. The Labute approximate surface area is 1130 Å². The summed E-state index contributed by atoms with van der Waals surface area (Å²) in [5, 5.41) is 0. The van der Waals surface area contributed by atoms with Crippen LogP contribution in [0.4, 0.5) is 0 Å². The molecular weight excluding hydrogens is 2870 g/mol. The average molecular weight is 2980 g/mol. The van der Waals surface area contributed by atoms with E-state index in [4.69, 9.17) is 455 Å². The molecule has 132 heavy (non-hydrogen) atoms. The van der Waals surface area contributed by atoms with E-state index in [-0.39, 0.29) is 198 Å². The van der Waals surface area contributed by atoms with Crippen LogP contribution >= 0.6 is 0 Å². The van der Waals surface area contributed by atoms with Gasteiger partial charge in [-0.1, -0.05) is 0 Å². The van der Waals surface area contributed by atoms with Crippen molar-refractivity contribution in [2.24, 2.45) is 0 Å². The molecule has 0 radical (unpaired) electrons. The third-order valence-electron chi connectivity index (χ3n) is 7.42. The van der Waals surface area contributed by atoms with Crippen LogP contribution in [0, 0.1) is 71.0 Å². The molecule has 0 aliphatic heterocycles. The minimum Gasteiger partial charge on any atom is -0.783 e. The Bertz CT molecular complexity index is 2450. The molecule has 0 spiro atoms. The summed E-state index contributed by atoms with van der Waals surface area (Å²) in [6, 6.07) is 0. The van der Waals surface area contributed by atoms with Gasteiger partial charge in [0, 0.05) is 198 Å². The third kappa shape index (κ3) is 113. The van der Waals surface area contributed by atoms with Crippen LogP contribution in [0.5, 0.6) is 0 Å². The van der Waals surface area contributed by atoms with Crippen LogP contribution in [0.25, 0.3) is 0 Å². The van der Waals surface area contributed by atoms with E-state index in [0.29, 0.717) is 176 Å². The Morgan fingerprint density at radius 2 is 0.0758 bits per heavy atom. The first-order valence-electron chi connectivity index (χ1n) is 34.3. The van der Waals surface area contributed by atoms with Crippen molar-refractivity contribution >= 4 is 455 Å². The summed E-state index contributed by atoms with van der Waals surface area (Å²) in [6.07, 6.45) is 0. The molecule has 0 aliphatic rings. The molecule has 0 N–H and O–H groups in total. The molecule has 0 bridgehead atoms. The van der Waals surface area contributed by atoms with E-state index in [0.717, 1.165) is 0 Å². The van der Waals surface area contributed by atoms with Crippen LogP contribution < -0.4 is 0 Å². The average Bonchev–Trinajstić information content (AvgIpc) is 0.849. The Balaban J connectivity index is -0.0000000433. The molecule has 0 nitrogen and oxygen atoms in total. The van der Waals surface area contributed by atoms with E-state index in [2.05, 4.69) is 249 Å². The Morgan fingerprint density at radius 1 is 0.0682 bits per heavy atom. The van der Waals surface area contributed by atoms with Gasteiger partial charge in [0.1, 0.15) is 0 Å². The minimum atomic E-state index is 0. The van der Waals surface area contributed by atoms with E-state index in [1.54, 1.807) is 0 Å². The van der Waals surface area contributed by atoms with Crippen LogP contribution in [0.1, 0.15) is 249 Å². The summed E-state index contributed by atoms with van der Waals surface area (Å²) in [5.41, 5.74) is 0. The first-order valence-corrected chi connectivity index (χ1v) is 49.0. The number of hydrogen-bond acceptors (Lipinski definition) is 36. The largest absolute Gasteiger partial charge is 0.783 e. The van der Waals surface area contributed by atoms with E-state index in [1.807, 2.05) is 0 Å². The molecule has 0 aliphatic carbocycles. The van der Waals surface area contributed by atoms with Crippen molar-refractivity contribution in [3.63, 3.8) is 0 Å². The molecule has 0 saturated carbocycles. The van der Waals surface area contributed by atoms with Crippen LogP contribution in [0.2, 0.25) is 0 Å². The van der Waals surface area contributed by atoms with Crippen molar-refractivity contribution in [1.29, 1.82) is 0 Å². The maximum Gasteiger partial charge on any atom is 0 e. The predicted octanol–water partition coefficient (Wildman–Crippen LogP) is 26.1. The second-order valence-corrected chi connectivity index (χ2v) is 44.5. The van der Waals surface area contributed by atoms with Crippen molar-refractivity contribution in [3.8, 4) is 0 Å². The van der Waals surface area contributed by atoms with E-state index >= 15 is 0 Å². The van der Waals surface area contributed by atoms with Gasteiger partial charge in [0.15, 0.2) is 0 Å². The summed E-state index contributed by atoms with van der Waals surface area (Å²) in [4.78, 5) is 14.1. The second-order valence-electron chi connectivity index (χ2n) is 29.8. The Kier molecular flexibility index (Phi) is 177. The first-order chi connectivity index (χ1) is 53.6. The van der Waals surface area contributed by atoms with Gasteiger partial charge >= 0.3 is 0 Å². The summed E-state index contributed by atoms with van der Waals surface area (Å²) in [5.74, 6) is 17.0. The zero-order chi connectivity index (χ0) is 99.7. The van der Waals surface area contributed by atoms with Crippen molar-refractivity contribution in [3.05, 3.63) is 71.0 Å². The maximum atomic E-state index is 4.94. The topological polar surface area (TPSA) is 0 Å². The van der Waals surface area contributed by atoms with Crippen LogP contribution in [-0.2, 0) is 653 Å². The van der Waals surface area contributed by atoms with Crippen LogP contribution in [-0.4, -0.2) is 0 Å². The van der Waals surface area contributed by atoms with Gasteiger partial charge in [-0.2, -0.15) is 249 Å². The Morgan fingerprint density at radius 3 is 0.0833 bits per heavy atom. The molecule has 6 rings (SSSR count). The zero-order valence-corrected chi connectivity index (χ0v) is 120. The van der Waals surface area contributed by atoms with Gasteiger partial charge < -0.3 is 526 Å². The Hall–Kier alpha value is 9.16. The standard InChI is InChI=1S/6C6H6S6.12C4H9.12Ni/c6*7-1-2(8)4(10)6(12)5(11)3(1)9;12*1-4(2)3;;;;;;;;;;;;/h6*7-12H;12*1-3H3;;;;;;;;;;;;/q;;;;;;12*-1;;;;;;;;;;;;/p-36. The molecule has 6 aromatic carbocycles. The van der Waals surface area contributed by atoms with Gasteiger partial charge in [-0.05, 0) is 0 Å². The smallest absolute Gasteiger partial charge is 0 e. The van der Waals surface area contributed by atoms with Crippen LogP contribution in [0.3, 0.4) is 0 Å². The molecule has 0 aromatic heterocycles. The molecule has 0 amide bonds. The SMILES string of the molecule is C[C-](C)C.C[C-](C)C.C[C-](C)C.C[C-](C)C.C[C-](C)C.C[C-](C)C.C[C-](C)C.C[C-](C)C.C[C-](C)C.C[C-](C)C.C[C-](C)C.C[C-](C)C.[Ni].[Ni].[Ni].[Ni].[Ni].[Ni].[Ni].[Ni].[Ni].[Ni].[Ni].[Ni].[S-]c1c([S-])c([S-])c([S-])c([S-])c1[S-].[S-]c1c([S-])c([S-])c([S-])c([S-])c1[S-].[S-]c1c([S-])c([S-])c([S-])c([S-])c1[S-].[S-]c1c([S-])c([S-])c([S-])c([S-])c1[S-].[S-]c1c([S-])c([S-])c([S-])c([S-])c1[S-].[S-]c1c([S-])c([S-])c([S-])c([S-])c1[S-]. The molecule has 0 saturated heterocycles. The van der Waals surface area contributed by atoms with Gasteiger partial charge in [0.2, 0.25) is 0 Å². The maximum absolute atomic E-state index is 4.94.